The number of imidazole rings is 1. The van der Waals surface area contributed by atoms with E-state index in [-0.39, 0.29) is 0 Å². The lowest BCUT2D eigenvalue weighted by atomic mass is 10.1. The largest absolute Gasteiger partial charge is 0.489 e. The predicted octanol–water partition coefficient (Wildman–Crippen LogP) is 3.95. The first-order chi connectivity index (χ1) is 12.4. The van der Waals surface area contributed by atoms with Gasteiger partial charge in [-0.05, 0) is 48.2 Å². The van der Waals surface area contributed by atoms with Gasteiger partial charge in [0.2, 0.25) is 0 Å². The first-order valence-corrected chi connectivity index (χ1v) is 8.91. The van der Waals surface area contributed by atoms with Crippen LogP contribution in [0.1, 0.15) is 24.2 Å². The topological polar surface area (TPSA) is 49.9 Å². The highest BCUT2D eigenvalue weighted by molar-refractivity contribution is 5.59. The number of rotatable bonds is 8. The Morgan fingerprint density at radius 3 is 2.60 bits per heavy atom. The minimum Gasteiger partial charge on any atom is -0.489 e. The van der Waals surface area contributed by atoms with Crippen LogP contribution in [0.2, 0.25) is 0 Å². The van der Waals surface area contributed by atoms with Gasteiger partial charge in [0, 0.05) is 19.0 Å². The van der Waals surface area contributed by atoms with Crippen molar-refractivity contribution in [3.8, 4) is 17.0 Å². The van der Waals surface area contributed by atoms with Crippen molar-refractivity contribution in [2.75, 3.05) is 6.54 Å². The number of hydrogen-bond donors (Lipinski definition) is 2. The molecule has 3 aromatic rings. The van der Waals surface area contributed by atoms with Gasteiger partial charge in [0.1, 0.15) is 18.2 Å². The lowest BCUT2D eigenvalue weighted by Crippen LogP contribution is -2.19. The third-order valence-electron chi connectivity index (χ3n) is 4.41. The molecule has 4 nitrogen and oxygen atoms in total. The monoisotopic (exact) mass is 333 g/mol. The summed E-state index contributed by atoms with van der Waals surface area (Å²) in [6, 6.07) is 19.1. The molecule has 1 saturated carbocycles. The van der Waals surface area contributed by atoms with Gasteiger partial charge in [0.15, 0.2) is 0 Å². The van der Waals surface area contributed by atoms with Crippen LogP contribution in [0.15, 0.2) is 60.8 Å². The molecule has 4 heteroatoms. The van der Waals surface area contributed by atoms with E-state index in [2.05, 4.69) is 39.6 Å². The van der Waals surface area contributed by atoms with Crippen molar-refractivity contribution in [1.82, 2.24) is 15.3 Å². The number of benzene rings is 2. The van der Waals surface area contributed by atoms with Crippen LogP contribution in [-0.4, -0.2) is 22.6 Å². The zero-order valence-corrected chi connectivity index (χ0v) is 14.2. The molecule has 0 spiro atoms. The molecule has 0 atom stereocenters. The molecule has 2 N–H and O–H groups in total. The van der Waals surface area contributed by atoms with Gasteiger partial charge in [-0.25, -0.2) is 4.98 Å². The second-order valence-corrected chi connectivity index (χ2v) is 6.52. The SMILES string of the molecule is c1ccc(COc2ccc(-c3cnc(CCNC4CC4)[nH]3)cc2)cc1. The normalized spacial score (nSPS) is 13.8. The van der Waals surface area contributed by atoms with Crippen molar-refractivity contribution in [3.05, 3.63) is 72.2 Å². The quantitative estimate of drug-likeness (QED) is 0.656. The van der Waals surface area contributed by atoms with Gasteiger partial charge >= 0.3 is 0 Å². The van der Waals surface area contributed by atoms with E-state index >= 15 is 0 Å². The predicted molar refractivity (Wildman–Crippen MR) is 99.5 cm³/mol. The van der Waals surface area contributed by atoms with Crippen molar-refractivity contribution >= 4 is 0 Å². The van der Waals surface area contributed by atoms with Crippen molar-refractivity contribution in [1.29, 1.82) is 0 Å². The van der Waals surface area contributed by atoms with Gasteiger partial charge in [-0.1, -0.05) is 30.3 Å². The van der Waals surface area contributed by atoms with Crippen LogP contribution in [-0.2, 0) is 13.0 Å². The molecule has 25 heavy (non-hydrogen) atoms. The van der Waals surface area contributed by atoms with E-state index < -0.39 is 0 Å². The van der Waals surface area contributed by atoms with E-state index in [1.54, 1.807) is 0 Å². The van der Waals surface area contributed by atoms with Crippen LogP contribution in [0.3, 0.4) is 0 Å². The molecule has 2 aromatic carbocycles. The maximum atomic E-state index is 5.84. The van der Waals surface area contributed by atoms with Crippen LogP contribution in [0, 0.1) is 0 Å². The van der Waals surface area contributed by atoms with Gasteiger partial charge in [-0.3, -0.25) is 0 Å². The summed E-state index contributed by atoms with van der Waals surface area (Å²) >= 11 is 0. The molecule has 1 aliphatic rings. The van der Waals surface area contributed by atoms with Crippen LogP contribution < -0.4 is 10.1 Å². The first kappa shape index (κ1) is 15.9. The Hall–Kier alpha value is -2.59. The summed E-state index contributed by atoms with van der Waals surface area (Å²) in [6.45, 7) is 1.58. The van der Waals surface area contributed by atoms with E-state index in [1.165, 1.54) is 18.4 Å². The number of nitrogens with zero attached hydrogens (tertiary/aromatic N) is 1. The van der Waals surface area contributed by atoms with E-state index in [0.29, 0.717) is 6.61 Å². The maximum absolute atomic E-state index is 5.84. The molecular formula is C21H23N3O. The Kier molecular flexibility index (Phi) is 4.79. The van der Waals surface area contributed by atoms with Crippen molar-refractivity contribution in [3.63, 3.8) is 0 Å². The summed E-state index contributed by atoms with van der Waals surface area (Å²) < 4.78 is 5.84. The third kappa shape index (κ3) is 4.48. The molecule has 4 rings (SSSR count). The summed E-state index contributed by atoms with van der Waals surface area (Å²) in [5.74, 6) is 1.91. The first-order valence-electron chi connectivity index (χ1n) is 8.91. The zero-order valence-electron chi connectivity index (χ0n) is 14.2. The lowest BCUT2D eigenvalue weighted by Gasteiger charge is -2.07. The average Bonchev–Trinajstić information content (AvgIpc) is 3.37. The fourth-order valence-electron chi connectivity index (χ4n) is 2.79. The Balaban J connectivity index is 1.32. The van der Waals surface area contributed by atoms with Crippen molar-refractivity contribution in [2.24, 2.45) is 0 Å². The van der Waals surface area contributed by atoms with Gasteiger partial charge < -0.3 is 15.0 Å². The van der Waals surface area contributed by atoms with Crippen LogP contribution in [0.4, 0.5) is 0 Å². The van der Waals surface area contributed by atoms with Crippen LogP contribution >= 0.6 is 0 Å². The summed E-state index contributed by atoms with van der Waals surface area (Å²) in [6.07, 6.45) is 5.49. The fourth-order valence-corrected chi connectivity index (χ4v) is 2.79. The van der Waals surface area contributed by atoms with Gasteiger partial charge in [0.05, 0.1) is 11.9 Å². The molecule has 0 aliphatic heterocycles. The summed E-state index contributed by atoms with van der Waals surface area (Å²) in [4.78, 5) is 7.89. The van der Waals surface area contributed by atoms with Gasteiger partial charge in [-0.2, -0.15) is 0 Å². The van der Waals surface area contributed by atoms with Crippen LogP contribution in [0.25, 0.3) is 11.3 Å². The Morgan fingerprint density at radius 2 is 1.84 bits per heavy atom. The third-order valence-corrected chi connectivity index (χ3v) is 4.41. The van der Waals surface area contributed by atoms with E-state index in [9.17, 15) is 0 Å². The highest BCUT2D eigenvalue weighted by Gasteiger charge is 2.19. The second kappa shape index (κ2) is 7.53. The Bertz CT molecular complexity index is 792. The van der Waals surface area contributed by atoms with Gasteiger partial charge in [0.25, 0.3) is 0 Å². The summed E-state index contributed by atoms with van der Waals surface area (Å²) in [7, 11) is 0. The molecule has 0 unspecified atom stereocenters. The molecule has 128 valence electrons. The standard InChI is InChI=1S/C21H23N3O/c1-2-4-16(5-3-1)15-25-19-10-6-17(7-11-19)20-14-23-21(24-20)12-13-22-18-8-9-18/h1-7,10-11,14,18,22H,8-9,12-13,15H2,(H,23,24). The Morgan fingerprint density at radius 1 is 1.04 bits per heavy atom. The molecule has 0 amide bonds. The summed E-state index contributed by atoms with van der Waals surface area (Å²) in [5.41, 5.74) is 3.35. The molecule has 1 aromatic heterocycles. The minimum absolute atomic E-state index is 0.586. The maximum Gasteiger partial charge on any atom is 0.119 e. The number of nitrogens with one attached hydrogen (secondary N) is 2. The zero-order chi connectivity index (χ0) is 16.9. The van der Waals surface area contributed by atoms with Crippen LogP contribution in [0.5, 0.6) is 5.75 Å². The number of aromatic amines is 1. The molecule has 1 fully saturated rings. The molecule has 0 saturated heterocycles. The molecule has 1 aliphatic carbocycles. The van der Waals surface area contributed by atoms with E-state index in [1.807, 2.05) is 36.5 Å². The van der Waals surface area contributed by atoms with E-state index in [4.69, 9.17) is 4.74 Å². The van der Waals surface area contributed by atoms with Gasteiger partial charge in [-0.15, -0.1) is 0 Å². The van der Waals surface area contributed by atoms with Crippen molar-refractivity contribution in [2.45, 2.75) is 31.9 Å². The number of ether oxygens (including phenoxy) is 1. The van der Waals surface area contributed by atoms with E-state index in [0.717, 1.165) is 41.8 Å². The molecule has 0 radical (unpaired) electrons. The number of aromatic nitrogens is 2. The number of hydrogen-bond acceptors (Lipinski definition) is 3. The Labute approximate surface area is 148 Å². The lowest BCUT2D eigenvalue weighted by molar-refractivity contribution is 0.306. The molecule has 1 heterocycles. The highest BCUT2D eigenvalue weighted by Crippen LogP contribution is 2.22. The summed E-state index contributed by atoms with van der Waals surface area (Å²) in [5, 5.41) is 3.51. The number of H-pyrrole nitrogens is 1. The average molecular weight is 333 g/mol. The van der Waals surface area contributed by atoms with Crippen molar-refractivity contribution < 1.29 is 4.74 Å². The second-order valence-electron chi connectivity index (χ2n) is 6.52. The smallest absolute Gasteiger partial charge is 0.119 e. The fraction of sp³-hybridized carbons (Fsp3) is 0.286. The highest BCUT2D eigenvalue weighted by atomic mass is 16.5. The minimum atomic E-state index is 0.586. The molecule has 0 bridgehead atoms. The molecular weight excluding hydrogens is 310 g/mol.